The lowest BCUT2D eigenvalue weighted by molar-refractivity contribution is -0.131. The summed E-state index contributed by atoms with van der Waals surface area (Å²) in [6, 6.07) is 21.6. The van der Waals surface area contributed by atoms with Gasteiger partial charge in [-0.3, -0.25) is 24.1 Å². The van der Waals surface area contributed by atoms with Crippen molar-refractivity contribution in [2.24, 2.45) is 39.3 Å². The van der Waals surface area contributed by atoms with Crippen molar-refractivity contribution in [2.75, 3.05) is 28.8 Å². The second-order valence-corrected chi connectivity index (χ2v) is 15.0. The highest BCUT2D eigenvalue weighted by Gasteiger charge is 2.68. The van der Waals surface area contributed by atoms with Gasteiger partial charge in [-0.2, -0.15) is 10.2 Å². The molecule has 2 aliphatic carbocycles. The minimum atomic E-state index is -1.54. The second-order valence-electron chi connectivity index (χ2n) is 14.6. The van der Waals surface area contributed by atoms with Gasteiger partial charge in [0.2, 0.25) is 23.6 Å². The first-order chi connectivity index (χ1) is 25.8. The molecule has 0 aromatic heterocycles. The Morgan fingerprint density at radius 1 is 0.796 bits per heavy atom. The van der Waals surface area contributed by atoms with E-state index >= 15 is 0 Å². The number of benzene rings is 4. The Kier molecular flexibility index (Phi) is 8.48. The molecule has 1 saturated carbocycles. The van der Waals surface area contributed by atoms with E-state index in [1.54, 1.807) is 37.3 Å². The summed E-state index contributed by atoms with van der Waals surface area (Å²) in [6.07, 6.45) is 2.00. The van der Waals surface area contributed by atoms with E-state index in [2.05, 4.69) is 10.2 Å². The highest BCUT2D eigenvalue weighted by Crippen LogP contribution is 2.64. The number of rotatable bonds is 6. The molecular formula is C41H34ClF2N5O5. The minimum Gasteiger partial charge on any atom is -0.505 e. The van der Waals surface area contributed by atoms with Crippen LogP contribution >= 0.6 is 11.6 Å². The van der Waals surface area contributed by atoms with E-state index in [1.165, 1.54) is 24.3 Å². The van der Waals surface area contributed by atoms with Gasteiger partial charge in [-0.25, -0.2) is 13.7 Å². The predicted octanol–water partition coefficient (Wildman–Crippen LogP) is 8.24. The topological polar surface area (TPSA) is 123 Å². The number of azo groups is 1. The van der Waals surface area contributed by atoms with E-state index in [0.29, 0.717) is 22.6 Å². The number of phenols is 1. The van der Waals surface area contributed by atoms with Crippen molar-refractivity contribution in [3.8, 4) is 5.75 Å². The van der Waals surface area contributed by atoms with Gasteiger partial charge >= 0.3 is 0 Å². The lowest BCUT2D eigenvalue weighted by atomic mass is 9.51. The van der Waals surface area contributed by atoms with Crippen LogP contribution in [0.4, 0.5) is 37.2 Å². The zero-order chi connectivity index (χ0) is 38.2. The molecule has 6 atom stereocenters. The predicted molar refractivity (Wildman–Crippen MR) is 198 cm³/mol. The van der Waals surface area contributed by atoms with Gasteiger partial charge in [0, 0.05) is 31.3 Å². The number of imide groups is 2. The first-order valence-corrected chi connectivity index (χ1v) is 17.9. The lowest BCUT2D eigenvalue weighted by Crippen LogP contribution is -2.49. The molecular weight excluding hydrogens is 716 g/mol. The standard InChI is InChI=1S/C41H34ClF2N5O5/c1-41-30(38(52)49(40(41)54)25-15-18-32(43)31(42)19-25)20-29-26(35(41)28-5-4-6-33(44)36(28)50)16-17-27-34(29)39(53)48(37(27)51)24-13-9-22(10-14-24)46-45-21-7-11-23(12-8-21)47(2)3/h4-16,18-19,27,29-30,34-35,50H,17,20H2,1-3H3. The maximum absolute atomic E-state index is 15.0. The van der Waals surface area contributed by atoms with E-state index in [-0.39, 0.29) is 29.1 Å². The first kappa shape index (κ1) is 35.3. The molecule has 2 saturated heterocycles. The smallest absolute Gasteiger partial charge is 0.241 e. The summed E-state index contributed by atoms with van der Waals surface area (Å²) in [5, 5.41) is 19.4. The molecule has 10 nitrogen and oxygen atoms in total. The van der Waals surface area contributed by atoms with E-state index in [0.717, 1.165) is 27.6 Å². The zero-order valence-electron chi connectivity index (χ0n) is 29.4. The fraction of sp³-hybridized carbons (Fsp3) is 0.268. The van der Waals surface area contributed by atoms with Crippen molar-refractivity contribution in [3.05, 3.63) is 119 Å². The van der Waals surface area contributed by atoms with E-state index in [4.69, 9.17) is 11.6 Å². The van der Waals surface area contributed by atoms with Gasteiger partial charge < -0.3 is 10.0 Å². The van der Waals surface area contributed by atoms with Crippen LogP contribution < -0.4 is 14.7 Å². The van der Waals surface area contributed by atoms with Gasteiger partial charge in [0.1, 0.15) is 5.82 Å². The van der Waals surface area contributed by atoms with Crippen molar-refractivity contribution in [1.82, 2.24) is 0 Å². The van der Waals surface area contributed by atoms with E-state index in [1.807, 2.05) is 43.3 Å². The van der Waals surface area contributed by atoms with Gasteiger partial charge in [-0.15, -0.1) is 0 Å². The lowest BCUT2D eigenvalue weighted by Gasteiger charge is -2.49. The monoisotopic (exact) mass is 749 g/mol. The van der Waals surface area contributed by atoms with Crippen LogP contribution in [-0.4, -0.2) is 42.8 Å². The van der Waals surface area contributed by atoms with Gasteiger partial charge in [0.25, 0.3) is 0 Å². The molecule has 0 bridgehead atoms. The zero-order valence-corrected chi connectivity index (χ0v) is 30.2. The van der Waals surface area contributed by atoms with Crippen molar-refractivity contribution < 1.29 is 33.1 Å². The average Bonchev–Trinajstić information content (AvgIpc) is 3.53. The molecule has 0 spiro atoms. The summed E-state index contributed by atoms with van der Waals surface area (Å²) >= 11 is 6.06. The summed E-state index contributed by atoms with van der Waals surface area (Å²) < 4.78 is 29.1. The highest BCUT2D eigenvalue weighted by molar-refractivity contribution is 6.32. The van der Waals surface area contributed by atoms with Crippen LogP contribution in [0.3, 0.4) is 0 Å². The number of fused-ring (bicyclic) bond motifs is 4. The van der Waals surface area contributed by atoms with E-state index < -0.39 is 76.0 Å². The molecule has 6 unspecified atom stereocenters. The van der Waals surface area contributed by atoms with Crippen LogP contribution in [-0.2, 0) is 19.2 Å². The maximum atomic E-state index is 15.0. The van der Waals surface area contributed by atoms with Gasteiger partial charge in [-0.1, -0.05) is 35.4 Å². The summed E-state index contributed by atoms with van der Waals surface area (Å²) in [6.45, 7) is 1.60. The van der Waals surface area contributed by atoms with Crippen LogP contribution in [0.25, 0.3) is 0 Å². The van der Waals surface area contributed by atoms with Crippen molar-refractivity contribution in [1.29, 1.82) is 0 Å². The summed E-state index contributed by atoms with van der Waals surface area (Å²) in [7, 11) is 3.89. The van der Waals surface area contributed by atoms with Crippen molar-refractivity contribution in [2.45, 2.75) is 25.7 Å². The van der Waals surface area contributed by atoms with E-state index in [9.17, 15) is 33.1 Å². The van der Waals surface area contributed by atoms with Gasteiger partial charge in [0.05, 0.1) is 50.9 Å². The number of nitrogens with zero attached hydrogens (tertiary/aromatic N) is 5. The number of para-hydroxylation sites is 1. The molecule has 54 heavy (non-hydrogen) atoms. The number of allylic oxidation sites excluding steroid dienone is 2. The van der Waals surface area contributed by atoms with Gasteiger partial charge in [0.15, 0.2) is 11.6 Å². The van der Waals surface area contributed by atoms with Crippen LogP contribution in [0.15, 0.2) is 107 Å². The molecule has 4 aromatic carbocycles. The second kappa shape index (κ2) is 13.0. The Morgan fingerprint density at radius 3 is 2.09 bits per heavy atom. The van der Waals surface area contributed by atoms with Crippen molar-refractivity contribution >= 4 is 63.7 Å². The number of hydrogen-bond acceptors (Lipinski definition) is 8. The molecule has 4 amide bonds. The summed E-state index contributed by atoms with van der Waals surface area (Å²) in [5.41, 5.74) is 1.72. The third kappa shape index (κ3) is 5.33. The Balaban J connectivity index is 1.14. The molecule has 13 heteroatoms. The number of phenolic OH excluding ortho intramolecular Hbond substituents is 1. The molecule has 4 aliphatic rings. The largest absolute Gasteiger partial charge is 0.505 e. The molecule has 0 radical (unpaired) electrons. The SMILES string of the molecule is CN(C)c1ccc(N=Nc2ccc(N3C(=O)C4CC=C5C(CC6C(=O)N(c7ccc(F)c(Cl)c7)C(=O)C6(C)C5c5cccc(F)c5O)C4C3=O)cc2)cc1. The quantitative estimate of drug-likeness (QED) is 0.120. The Hall–Kier alpha value is -5.75. The molecule has 4 aromatic rings. The first-order valence-electron chi connectivity index (χ1n) is 17.5. The number of halogens is 3. The van der Waals surface area contributed by atoms with Crippen LogP contribution in [0.2, 0.25) is 5.02 Å². The van der Waals surface area contributed by atoms with Crippen molar-refractivity contribution in [3.63, 3.8) is 0 Å². The van der Waals surface area contributed by atoms with Gasteiger partial charge in [-0.05, 0) is 98.5 Å². The third-order valence-corrected chi connectivity index (χ3v) is 11.8. The maximum Gasteiger partial charge on any atom is 0.241 e. The number of carbonyl (C=O) groups excluding carboxylic acids is 4. The Morgan fingerprint density at radius 2 is 1.44 bits per heavy atom. The fourth-order valence-corrected chi connectivity index (χ4v) is 9.03. The normalized spacial score (nSPS) is 26.3. The molecule has 2 aliphatic heterocycles. The number of amides is 4. The number of hydrogen-bond donors (Lipinski definition) is 1. The Labute approximate surface area is 314 Å². The fourth-order valence-electron chi connectivity index (χ4n) is 8.85. The molecule has 8 rings (SSSR count). The summed E-state index contributed by atoms with van der Waals surface area (Å²) in [5.74, 6) is -8.80. The summed E-state index contributed by atoms with van der Waals surface area (Å²) in [4.78, 5) is 61.4. The Bertz CT molecular complexity index is 2310. The van der Waals surface area contributed by atoms with Crippen LogP contribution in [0, 0.1) is 40.7 Å². The number of anilines is 3. The number of aromatic hydroxyl groups is 1. The number of carbonyl (C=O) groups is 4. The molecule has 274 valence electrons. The van der Waals surface area contributed by atoms with Crippen LogP contribution in [0.1, 0.15) is 31.2 Å². The molecule has 1 N–H and O–H groups in total. The molecule has 2 heterocycles. The molecule has 3 fully saturated rings. The average molecular weight is 750 g/mol. The highest BCUT2D eigenvalue weighted by atomic mass is 35.5. The minimum absolute atomic E-state index is 0.0355. The van der Waals surface area contributed by atoms with Crippen LogP contribution in [0.5, 0.6) is 5.75 Å². The third-order valence-electron chi connectivity index (χ3n) is 11.5.